The van der Waals surface area contributed by atoms with Crippen molar-refractivity contribution < 1.29 is 4.74 Å². The number of nitrogens with zero attached hydrogens (tertiary/aromatic N) is 2. The van der Waals surface area contributed by atoms with E-state index in [9.17, 15) is 0 Å². The first kappa shape index (κ1) is 14.6. The van der Waals surface area contributed by atoms with Gasteiger partial charge in [-0.1, -0.05) is 18.2 Å². The average molecular weight is 273 g/mol. The van der Waals surface area contributed by atoms with Crippen molar-refractivity contribution in [3.05, 3.63) is 46.8 Å². The molecule has 1 aromatic carbocycles. The van der Waals surface area contributed by atoms with Crippen LogP contribution in [0.2, 0.25) is 0 Å². The predicted molar refractivity (Wildman–Crippen MR) is 80.9 cm³/mol. The van der Waals surface area contributed by atoms with Gasteiger partial charge in [0.25, 0.3) is 0 Å². The first-order valence-electron chi connectivity index (χ1n) is 6.90. The molecular weight excluding hydrogens is 250 g/mol. The van der Waals surface area contributed by atoms with E-state index in [0.717, 1.165) is 18.0 Å². The summed E-state index contributed by atoms with van der Waals surface area (Å²) in [6.45, 7) is 7.12. The van der Waals surface area contributed by atoms with Crippen LogP contribution in [0.15, 0.2) is 24.3 Å². The zero-order valence-electron chi connectivity index (χ0n) is 12.9. The van der Waals surface area contributed by atoms with Crippen molar-refractivity contribution in [2.75, 3.05) is 7.11 Å². The predicted octanol–water partition coefficient (Wildman–Crippen LogP) is 2.90. The molecule has 4 nitrogen and oxygen atoms in total. The zero-order chi connectivity index (χ0) is 14.7. The Balaban J connectivity index is 2.10. The van der Waals surface area contributed by atoms with Crippen LogP contribution in [0.25, 0.3) is 0 Å². The van der Waals surface area contributed by atoms with Gasteiger partial charge in [0.2, 0.25) is 0 Å². The normalized spacial score (nSPS) is 12.4. The number of benzene rings is 1. The quantitative estimate of drug-likeness (QED) is 0.910. The summed E-state index contributed by atoms with van der Waals surface area (Å²) in [7, 11) is 3.69. The van der Waals surface area contributed by atoms with Crippen molar-refractivity contribution in [2.45, 2.75) is 33.4 Å². The Hall–Kier alpha value is -1.81. The number of aryl methyl sites for hydroxylation is 2. The van der Waals surface area contributed by atoms with Crippen molar-refractivity contribution in [3.8, 4) is 5.75 Å². The molecule has 108 valence electrons. The summed E-state index contributed by atoms with van der Waals surface area (Å²) in [6, 6.07) is 8.35. The van der Waals surface area contributed by atoms with Crippen LogP contribution in [0.1, 0.15) is 35.5 Å². The van der Waals surface area contributed by atoms with E-state index in [2.05, 4.69) is 37.3 Å². The van der Waals surface area contributed by atoms with Crippen LogP contribution in [-0.4, -0.2) is 16.9 Å². The van der Waals surface area contributed by atoms with E-state index >= 15 is 0 Å². The van der Waals surface area contributed by atoms with Gasteiger partial charge in [-0.3, -0.25) is 4.68 Å². The number of methoxy groups -OCH3 is 1. The lowest BCUT2D eigenvalue weighted by atomic mass is 10.1. The number of hydrogen-bond acceptors (Lipinski definition) is 3. The molecule has 0 aliphatic carbocycles. The van der Waals surface area contributed by atoms with Gasteiger partial charge in [-0.25, -0.2) is 0 Å². The number of aromatic nitrogens is 2. The van der Waals surface area contributed by atoms with Gasteiger partial charge in [0.15, 0.2) is 0 Å². The highest BCUT2D eigenvalue weighted by molar-refractivity contribution is 5.35. The van der Waals surface area contributed by atoms with E-state index < -0.39 is 0 Å². The lowest BCUT2D eigenvalue weighted by Gasteiger charge is -2.17. The molecular formula is C16H23N3O. The van der Waals surface area contributed by atoms with E-state index in [4.69, 9.17) is 4.74 Å². The van der Waals surface area contributed by atoms with Gasteiger partial charge in [0, 0.05) is 36.5 Å². The molecule has 1 heterocycles. The van der Waals surface area contributed by atoms with E-state index in [1.54, 1.807) is 7.11 Å². The van der Waals surface area contributed by atoms with E-state index in [1.165, 1.54) is 16.8 Å². The SMILES string of the molecule is COc1ccccc1C(C)NCc1c(C)nn(C)c1C. The molecule has 0 fully saturated rings. The topological polar surface area (TPSA) is 39.1 Å². The van der Waals surface area contributed by atoms with Crippen LogP contribution in [0, 0.1) is 13.8 Å². The van der Waals surface area contributed by atoms with Gasteiger partial charge >= 0.3 is 0 Å². The number of nitrogens with one attached hydrogen (secondary N) is 1. The van der Waals surface area contributed by atoms with Crippen molar-refractivity contribution >= 4 is 0 Å². The maximum atomic E-state index is 5.41. The van der Waals surface area contributed by atoms with Crippen molar-refractivity contribution in [1.82, 2.24) is 15.1 Å². The summed E-state index contributed by atoms with van der Waals surface area (Å²) >= 11 is 0. The average Bonchev–Trinajstić information content (AvgIpc) is 2.70. The first-order valence-corrected chi connectivity index (χ1v) is 6.90. The molecule has 0 saturated carbocycles. The van der Waals surface area contributed by atoms with E-state index in [1.807, 2.05) is 29.9 Å². The molecule has 1 aromatic heterocycles. The second-order valence-corrected chi connectivity index (χ2v) is 5.12. The third-order valence-corrected chi connectivity index (χ3v) is 3.85. The maximum Gasteiger partial charge on any atom is 0.123 e. The fourth-order valence-corrected chi connectivity index (χ4v) is 2.46. The molecule has 0 bridgehead atoms. The fraction of sp³-hybridized carbons (Fsp3) is 0.438. The molecule has 2 rings (SSSR count). The molecule has 0 radical (unpaired) electrons. The third kappa shape index (κ3) is 2.85. The van der Waals surface area contributed by atoms with Gasteiger partial charge < -0.3 is 10.1 Å². The van der Waals surface area contributed by atoms with E-state index in [-0.39, 0.29) is 6.04 Å². The first-order chi connectivity index (χ1) is 9.54. The minimum atomic E-state index is 0.227. The van der Waals surface area contributed by atoms with Gasteiger partial charge in [-0.15, -0.1) is 0 Å². The van der Waals surface area contributed by atoms with Gasteiger partial charge in [0.1, 0.15) is 5.75 Å². The van der Waals surface area contributed by atoms with Crippen LogP contribution >= 0.6 is 0 Å². The van der Waals surface area contributed by atoms with Crippen molar-refractivity contribution in [2.24, 2.45) is 7.05 Å². The Labute approximate surface area is 120 Å². The van der Waals surface area contributed by atoms with Crippen LogP contribution in [0.3, 0.4) is 0 Å². The van der Waals surface area contributed by atoms with Crippen LogP contribution in [0.5, 0.6) is 5.75 Å². The molecule has 1 atom stereocenters. The van der Waals surface area contributed by atoms with Crippen LogP contribution in [-0.2, 0) is 13.6 Å². The highest BCUT2D eigenvalue weighted by atomic mass is 16.5. The van der Waals surface area contributed by atoms with Crippen molar-refractivity contribution in [3.63, 3.8) is 0 Å². The molecule has 1 unspecified atom stereocenters. The lowest BCUT2D eigenvalue weighted by molar-refractivity contribution is 0.401. The van der Waals surface area contributed by atoms with Gasteiger partial charge in [-0.05, 0) is 26.8 Å². The minimum absolute atomic E-state index is 0.227. The molecule has 0 saturated heterocycles. The second kappa shape index (κ2) is 6.09. The molecule has 0 amide bonds. The summed E-state index contributed by atoms with van der Waals surface area (Å²) in [5.74, 6) is 0.923. The Bertz CT molecular complexity index is 589. The lowest BCUT2D eigenvalue weighted by Crippen LogP contribution is -2.19. The second-order valence-electron chi connectivity index (χ2n) is 5.12. The number of rotatable bonds is 5. The smallest absolute Gasteiger partial charge is 0.123 e. The van der Waals surface area contributed by atoms with Crippen LogP contribution < -0.4 is 10.1 Å². The summed E-state index contributed by atoms with van der Waals surface area (Å²) < 4.78 is 7.34. The molecule has 4 heteroatoms. The maximum absolute atomic E-state index is 5.41. The highest BCUT2D eigenvalue weighted by Crippen LogP contribution is 2.25. The van der Waals surface area contributed by atoms with E-state index in [0.29, 0.717) is 0 Å². The molecule has 2 aromatic rings. The summed E-state index contributed by atoms with van der Waals surface area (Å²) in [4.78, 5) is 0. The van der Waals surface area contributed by atoms with Gasteiger partial charge in [-0.2, -0.15) is 5.10 Å². The number of para-hydroxylation sites is 1. The Morgan fingerprint density at radius 1 is 1.30 bits per heavy atom. The van der Waals surface area contributed by atoms with Crippen molar-refractivity contribution in [1.29, 1.82) is 0 Å². The molecule has 0 aliphatic rings. The largest absolute Gasteiger partial charge is 0.496 e. The molecule has 0 aliphatic heterocycles. The zero-order valence-corrected chi connectivity index (χ0v) is 12.9. The fourth-order valence-electron chi connectivity index (χ4n) is 2.46. The number of ether oxygens (including phenoxy) is 1. The molecule has 20 heavy (non-hydrogen) atoms. The Kier molecular flexibility index (Phi) is 4.45. The monoisotopic (exact) mass is 273 g/mol. The summed E-state index contributed by atoms with van der Waals surface area (Å²) in [5, 5.41) is 8.00. The third-order valence-electron chi connectivity index (χ3n) is 3.85. The Morgan fingerprint density at radius 3 is 2.60 bits per heavy atom. The minimum Gasteiger partial charge on any atom is -0.496 e. The summed E-state index contributed by atoms with van der Waals surface area (Å²) in [5.41, 5.74) is 4.75. The number of hydrogen-bond donors (Lipinski definition) is 1. The Morgan fingerprint density at radius 2 is 2.00 bits per heavy atom. The van der Waals surface area contributed by atoms with Gasteiger partial charge in [0.05, 0.1) is 12.8 Å². The summed E-state index contributed by atoms with van der Waals surface area (Å²) in [6.07, 6.45) is 0. The van der Waals surface area contributed by atoms with Crippen LogP contribution in [0.4, 0.5) is 0 Å². The molecule has 0 spiro atoms. The highest BCUT2D eigenvalue weighted by Gasteiger charge is 2.13. The standard InChI is InChI=1S/C16H23N3O/c1-11(14-8-6-7-9-16(14)20-5)17-10-15-12(2)18-19(4)13(15)3/h6-9,11,17H,10H2,1-5H3. The molecule has 1 N–H and O–H groups in total.